The first-order valence-corrected chi connectivity index (χ1v) is 12.6. The maximum atomic E-state index is 6.22. The van der Waals surface area contributed by atoms with Crippen LogP contribution in [0.3, 0.4) is 0 Å². The topological polar surface area (TPSA) is 52.0 Å². The molecule has 4 N–H and O–H groups in total. The van der Waals surface area contributed by atoms with Gasteiger partial charge in [-0.25, -0.2) is 0 Å². The summed E-state index contributed by atoms with van der Waals surface area (Å²) < 4.78 is 0. The SMILES string of the molecule is Nc1ccc2c(c1)-c1ccc3c4ccc5c6c(ccc(c7ccc(c1c73)C2)c64)-c1cc(N)ccc1C5. The molecular formula is C34H22N2. The van der Waals surface area contributed by atoms with E-state index in [0.29, 0.717) is 0 Å². The molecule has 168 valence electrons. The van der Waals surface area contributed by atoms with Gasteiger partial charge in [-0.1, -0.05) is 60.7 Å². The normalized spacial score (nSPS) is 13.6. The summed E-state index contributed by atoms with van der Waals surface area (Å²) in [6, 6.07) is 31.4. The Labute approximate surface area is 208 Å². The van der Waals surface area contributed by atoms with Gasteiger partial charge in [-0.3, -0.25) is 0 Å². The van der Waals surface area contributed by atoms with Crippen LogP contribution in [0.4, 0.5) is 11.4 Å². The number of rotatable bonds is 0. The lowest BCUT2D eigenvalue weighted by atomic mass is 9.77. The summed E-state index contributed by atoms with van der Waals surface area (Å²) in [7, 11) is 0. The van der Waals surface area contributed by atoms with E-state index in [1.54, 1.807) is 0 Å². The van der Waals surface area contributed by atoms with Gasteiger partial charge in [-0.15, -0.1) is 0 Å². The zero-order valence-electron chi connectivity index (χ0n) is 19.7. The molecule has 0 saturated heterocycles. The minimum absolute atomic E-state index is 0.822. The second-order valence-electron chi connectivity index (χ2n) is 10.6. The average molecular weight is 459 g/mol. The summed E-state index contributed by atoms with van der Waals surface area (Å²) in [6.07, 6.45) is 1.89. The van der Waals surface area contributed by atoms with E-state index in [1.165, 1.54) is 87.6 Å². The third kappa shape index (κ3) is 2.14. The maximum Gasteiger partial charge on any atom is 0.0320 e. The summed E-state index contributed by atoms with van der Waals surface area (Å²) in [4.78, 5) is 0. The Bertz CT molecular complexity index is 1940. The molecule has 0 unspecified atom stereocenters. The molecule has 0 fully saturated rings. The highest BCUT2D eigenvalue weighted by atomic mass is 14.5. The fraction of sp³-hybridized carbons (Fsp3) is 0.0588. The lowest BCUT2D eigenvalue weighted by molar-refractivity contribution is 1.20. The van der Waals surface area contributed by atoms with Crippen molar-refractivity contribution in [2.75, 3.05) is 11.5 Å². The number of nitrogens with two attached hydrogens (primary N) is 2. The summed E-state index contributed by atoms with van der Waals surface area (Å²) in [5.41, 5.74) is 24.8. The molecule has 9 rings (SSSR count). The van der Waals surface area contributed by atoms with Gasteiger partial charge in [0.25, 0.3) is 0 Å². The molecule has 2 aliphatic rings. The van der Waals surface area contributed by atoms with Crippen LogP contribution in [0.25, 0.3) is 65.3 Å². The largest absolute Gasteiger partial charge is 0.399 e. The molecule has 2 aliphatic carbocycles. The van der Waals surface area contributed by atoms with Crippen molar-refractivity contribution < 1.29 is 0 Å². The molecule has 0 atom stereocenters. The molecule has 0 bridgehead atoms. The van der Waals surface area contributed by atoms with Crippen LogP contribution in [0, 0.1) is 0 Å². The summed E-state index contributed by atoms with van der Waals surface area (Å²) in [5, 5.41) is 10.9. The third-order valence-electron chi connectivity index (χ3n) is 8.68. The fourth-order valence-corrected chi connectivity index (χ4v) is 7.18. The molecular weight excluding hydrogens is 436 g/mol. The quantitative estimate of drug-likeness (QED) is 0.137. The predicted octanol–water partition coefficient (Wildman–Crippen LogP) is 8.04. The molecule has 0 amide bonds. The third-order valence-corrected chi connectivity index (χ3v) is 8.68. The zero-order chi connectivity index (χ0) is 23.7. The highest BCUT2D eigenvalue weighted by Crippen LogP contribution is 2.50. The molecule has 0 spiro atoms. The lowest BCUT2D eigenvalue weighted by Gasteiger charge is -2.26. The van der Waals surface area contributed by atoms with E-state index in [-0.39, 0.29) is 0 Å². The number of benzene rings is 7. The first-order chi connectivity index (χ1) is 17.7. The van der Waals surface area contributed by atoms with Crippen LogP contribution in [-0.2, 0) is 12.8 Å². The Morgan fingerprint density at radius 1 is 0.361 bits per heavy atom. The second-order valence-corrected chi connectivity index (χ2v) is 10.6. The van der Waals surface area contributed by atoms with Crippen molar-refractivity contribution in [2.24, 2.45) is 0 Å². The van der Waals surface area contributed by atoms with E-state index in [2.05, 4.69) is 72.8 Å². The molecule has 36 heavy (non-hydrogen) atoms. The summed E-state index contributed by atoms with van der Waals surface area (Å²) in [5.74, 6) is 0. The molecule has 0 aliphatic heterocycles. The maximum absolute atomic E-state index is 6.22. The molecule has 7 aromatic carbocycles. The highest BCUT2D eigenvalue weighted by Gasteiger charge is 2.25. The van der Waals surface area contributed by atoms with Gasteiger partial charge in [0, 0.05) is 11.4 Å². The lowest BCUT2D eigenvalue weighted by Crippen LogP contribution is -2.04. The van der Waals surface area contributed by atoms with E-state index < -0.39 is 0 Å². The van der Waals surface area contributed by atoms with Crippen LogP contribution in [0.5, 0.6) is 0 Å². The smallest absolute Gasteiger partial charge is 0.0320 e. The standard InChI is InChI=1S/C34H22N2/c35-21-5-1-17-13-19-3-7-23-26-10-12-28-30-16-22(36)6-2-18(30)14-20-4-8-24(34(26)32(20)28)25-9-11-27(29(17)15-21)31(19)33(23)25/h1-12,15-16H,13-14,35-36H2. The highest BCUT2D eigenvalue weighted by molar-refractivity contribution is 6.36. The number of anilines is 2. The molecule has 7 aromatic rings. The minimum atomic E-state index is 0.822. The Morgan fingerprint density at radius 2 is 0.750 bits per heavy atom. The van der Waals surface area contributed by atoms with Crippen molar-refractivity contribution in [3.8, 4) is 22.3 Å². The summed E-state index contributed by atoms with van der Waals surface area (Å²) in [6.45, 7) is 0. The van der Waals surface area contributed by atoms with Crippen molar-refractivity contribution in [3.05, 3.63) is 107 Å². The van der Waals surface area contributed by atoms with Crippen LogP contribution in [0.2, 0.25) is 0 Å². The second kappa shape index (κ2) is 6.16. The zero-order valence-corrected chi connectivity index (χ0v) is 19.7. The van der Waals surface area contributed by atoms with Gasteiger partial charge in [0.15, 0.2) is 0 Å². The Morgan fingerprint density at radius 3 is 1.19 bits per heavy atom. The molecule has 2 nitrogen and oxygen atoms in total. The van der Waals surface area contributed by atoms with Crippen molar-refractivity contribution in [1.82, 2.24) is 0 Å². The van der Waals surface area contributed by atoms with Crippen molar-refractivity contribution in [3.63, 3.8) is 0 Å². The molecule has 0 heterocycles. The van der Waals surface area contributed by atoms with Gasteiger partial charge in [-0.2, -0.15) is 0 Å². The van der Waals surface area contributed by atoms with Crippen molar-refractivity contribution in [2.45, 2.75) is 12.8 Å². The monoisotopic (exact) mass is 458 g/mol. The van der Waals surface area contributed by atoms with Gasteiger partial charge >= 0.3 is 0 Å². The van der Waals surface area contributed by atoms with Crippen LogP contribution in [-0.4, -0.2) is 0 Å². The number of fused-ring (bicyclic) bond motifs is 6. The average Bonchev–Trinajstić information content (AvgIpc) is 2.90. The molecule has 0 saturated carbocycles. The Kier molecular flexibility index (Phi) is 3.21. The van der Waals surface area contributed by atoms with E-state index in [0.717, 1.165) is 24.2 Å². The Hall–Kier alpha value is -4.56. The van der Waals surface area contributed by atoms with Crippen LogP contribution in [0.1, 0.15) is 22.3 Å². The van der Waals surface area contributed by atoms with Gasteiger partial charge in [-0.05, 0) is 125 Å². The van der Waals surface area contributed by atoms with E-state index in [1.807, 2.05) is 12.1 Å². The fourth-order valence-electron chi connectivity index (χ4n) is 7.18. The van der Waals surface area contributed by atoms with E-state index >= 15 is 0 Å². The molecule has 0 radical (unpaired) electrons. The predicted molar refractivity (Wildman–Crippen MR) is 153 cm³/mol. The van der Waals surface area contributed by atoms with Crippen LogP contribution < -0.4 is 11.5 Å². The number of hydrogen-bond acceptors (Lipinski definition) is 2. The molecule has 0 aromatic heterocycles. The van der Waals surface area contributed by atoms with Crippen LogP contribution in [0.15, 0.2) is 84.9 Å². The van der Waals surface area contributed by atoms with E-state index in [9.17, 15) is 0 Å². The van der Waals surface area contributed by atoms with Gasteiger partial charge < -0.3 is 11.5 Å². The minimum Gasteiger partial charge on any atom is -0.399 e. The van der Waals surface area contributed by atoms with Gasteiger partial charge in [0.2, 0.25) is 0 Å². The number of nitrogen functional groups attached to an aromatic ring is 2. The van der Waals surface area contributed by atoms with Crippen LogP contribution >= 0.6 is 0 Å². The first kappa shape index (κ1) is 18.7. The van der Waals surface area contributed by atoms with Gasteiger partial charge in [0.05, 0.1) is 0 Å². The van der Waals surface area contributed by atoms with E-state index in [4.69, 9.17) is 11.5 Å². The summed E-state index contributed by atoms with van der Waals surface area (Å²) >= 11 is 0. The van der Waals surface area contributed by atoms with Crippen molar-refractivity contribution >= 4 is 54.5 Å². The molecule has 2 heteroatoms. The number of hydrogen-bond donors (Lipinski definition) is 2. The first-order valence-electron chi connectivity index (χ1n) is 12.6. The Balaban J connectivity index is 1.48. The van der Waals surface area contributed by atoms with Crippen molar-refractivity contribution in [1.29, 1.82) is 0 Å². The van der Waals surface area contributed by atoms with Gasteiger partial charge in [0.1, 0.15) is 0 Å².